The molecular formula is C20H18F3N5O4. The number of nitrogen functional groups attached to an aromatic ring is 1. The molecule has 1 aliphatic heterocycles. The molecule has 2 heterocycles. The lowest BCUT2D eigenvalue weighted by atomic mass is 10.1. The molecule has 2 atom stereocenters. The van der Waals surface area contributed by atoms with Gasteiger partial charge >= 0.3 is 6.18 Å². The highest BCUT2D eigenvalue weighted by molar-refractivity contribution is 6.04. The van der Waals surface area contributed by atoms with E-state index in [9.17, 15) is 27.9 Å². The van der Waals surface area contributed by atoms with Gasteiger partial charge in [0, 0.05) is 23.3 Å². The third-order valence-electron chi connectivity index (χ3n) is 5.04. The van der Waals surface area contributed by atoms with Gasteiger partial charge in [0.25, 0.3) is 11.8 Å². The van der Waals surface area contributed by atoms with Crippen LogP contribution in [0, 0.1) is 0 Å². The maximum atomic E-state index is 12.8. The lowest BCUT2D eigenvalue weighted by molar-refractivity contribution is -0.150. The Morgan fingerprint density at radius 2 is 2.00 bits per heavy atom. The van der Waals surface area contributed by atoms with Crippen LogP contribution in [0.25, 0.3) is 10.9 Å². The van der Waals surface area contributed by atoms with Crippen LogP contribution in [0.2, 0.25) is 0 Å². The summed E-state index contributed by atoms with van der Waals surface area (Å²) >= 11 is 0. The van der Waals surface area contributed by atoms with Crippen molar-refractivity contribution in [2.24, 2.45) is 0 Å². The zero-order valence-electron chi connectivity index (χ0n) is 16.4. The Balaban J connectivity index is 1.47. The van der Waals surface area contributed by atoms with Crippen molar-refractivity contribution >= 4 is 39.9 Å². The highest BCUT2D eigenvalue weighted by Gasteiger charge is 2.39. The average molecular weight is 449 g/mol. The summed E-state index contributed by atoms with van der Waals surface area (Å²) in [6, 6.07) is 8.76. The maximum Gasteiger partial charge on any atom is 0.416 e. The first-order valence-electron chi connectivity index (χ1n) is 9.48. The molecule has 9 nitrogen and oxygen atoms in total. The van der Waals surface area contributed by atoms with Crippen LogP contribution in [0.1, 0.15) is 5.56 Å². The minimum atomic E-state index is -4.50. The van der Waals surface area contributed by atoms with Gasteiger partial charge in [-0.15, -0.1) is 0 Å². The zero-order valence-corrected chi connectivity index (χ0v) is 16.4. The molecule has 1 saturated heterocycles. The molecule has 5 N–H and O–H groups in total. The molecule has 0 radical (unpaired) electrons. The second-order valence-electron chi connectivity index (χ2n) is 7.13. The summed E-state index contributed by atoms with van der Waals surface area (Å²) in [6.45, 7) is 0.0497. The average Bonchev–Trinajstić information content (AvgIpc) is 3.13. The number of amides is 2. The summed E-state index contributed by atoms with van der Waals surface area (Å²) in [4.78, 5) is 26.5. The van der Waals surface area contributed by atoms with E-state index in [1.807, 2.05) is 0 Å². The van der Waals surface area contributed by atoms with E-state index in [2.05, 4.69) is 15.5 Å². The predicted molar refractivity (Wildman–Crippen MR) is 109 cm³/mol. The number of aromatic nitrogens is 2. The molecule has 0 spiro atoms. The Hall–Kier alpha value is -3.64. The molecule has 0 aliphatic carbocycles. The van der Waals surface area contributed by atoms with Gasteiger partial charge in [-0.3, -0.25) is 14.7 Å². The molecule has 1 aromatic heterocycles. The number of halogens is 3. The number of aliphatic hydroxyl groups is 1. The molecule has 2 aromatic carbocycles. The zero-order chi connectivity index (χ0) is 23.0. The number of fused-ring (bicyclic) bond motifs is 1. The fourth-order valence-electron chi connectivity index (χ4n) is 3.39. The number of alkyl halides is 3. The van der Waals surface area contributed by atoms with E-state index in [1.54, 1.807) is 18.2 Å². The number of anilines is 3. The second kappa shape index (κ2) is 8.13. The first-order valence-corrected chi connectivity index (χ1v) is 9.48. The van der Waals surface area contributed by atoms with E-state index < -0.39 is 35.8 Å². The Morgan fingerprint density at radius 1 is 1.28 bits per heavy atom. The number of hydrogen-bond donors (Lipinski definition) is 4. The van der Waals surface area contributed by atoms with Crippen molar-refractivity contribution in [3.05, 3.63) is 48.0 Å². The summed E-state index contributed by atoms with van der Waals surface area (Å²) in [5, 5.41) is 20.1. The van der Waals surface area contributed by atoms with Crippen molar-refractivity contribution in [3.63, 3.8) is 0 Å². The van der Waals surface area contributed by atoms with Gasteiger partial charge in [0.05, 0.1) is 17.7 Å². The van der Waals surface area contributed by atoms with Crippen LogP contribution < -0.4 is 16.0 Å². The number of nitrogens with one attached hydrogen (secondary N) is 2. The molecule has 0 bridgehead atoms. The summed E-state index contributed by atoms with van der Waals surface area (Å²) < 4.78 is 43.6. The van der Waals surface area contributed by atoms with Gasteiger partial charge in [0.1, 0.15) is 0 Å². The van der Waals surface area contributed by atoms with Gasteiger partial charge in [-0.05, 0) is 42.5 Å². The third kappa shape index (κ3) is 4.09. The number of aromatic amines is 1. The molecule has 4 rings (SSSR count). The SMILES string of the molecule is Nc1n[nH]c2cc(NC(=O)[C@H](O)[C@H]3OCCN(c4ccc(C(F)(F)F)cc4)C3=O)ccc12. The van der Waals surface area contributed by atoms with E-state index in [0.29, 0.717) is 22.4 Å². The van der Waals surface area contributed by atoms with Crippen molar-refractivity contribution in [2.75, 3.05) is 29.1 Å². The van der Waals surface area contributed by atoms with E-state index in [-0.39, 0.29) is 18.8 Å². The van der Waals surface area contributed by atoms with E-state index >= 15 is 0 Å². The maximum absolute atomic E-state index is 12.8. The minimum Gasteiger partial charge on any atom is -0.382 e. The second-order valence-corrected chi connectivity index (χ2v) is 7.13. The Morgan fingerprint density at radius 3 is 2.69 bits per heavy atom. The van der Waals surface area contributed by atoms with Crippen molar-refractivity contribution in [1.29, 1.82) is 0 Å². The number of carbonyl (C=O) groups excluding carboxylic acids is 2. The molecule has 1 aliphatic rings. The van der Waals surface area contributed by atoms with Gasteiger partial charge in [-0.25, -0.2) is 0 Å². The fourth-order valence-corrected chi connectivity index (χ4v) is 3.39. The van der Waals surface area contributed by atoms with Crippen molar-refractivity contribution in [1.82, 2.24) is 10.2 Å². The van der Waals surface area contributed by atoms with Crippen LogP contribution in [0.4, 0.5) is 30.4 Å². The largest absolute Gasteiger partial charge is 0.416 e. The van der Waals surface area contributed by atoms with Gasteiger partial charge in [0.15, 0.2) is 18.0 Å². The lowest BCUT2D eigenvalue weighted by Crippen LogP contribution is -2.55. The summed E-state index contributed by atoms with van der Waals surface area (Å²) in [7, 11) is 0. The van der Waals surface area contributed by atoms with Crippen LogP contribution in [0.5, 0.6) is 0 Å². The number of H-pyrrole nitrogens is 1. The van der Waals surface area contributed by atoms with Crippen molar-refractivity contribution in [3.8, 4) is 0 Å². The molecule has 12 heteroatoms. The number of morpholine rings is 1. The number of aliphatic hydroxyl groups excluding tert-OH is 1. The summed E-state index contributed by atoms with van der Waals surface area (Å²) in [6.07, 6.45) is -7.87. The Labute approximate surface area is 178 Å². The number of ether oxygens (including phenoxy) is 1. The quantitative estimate of drug-likeness (QED) is 0.481. The molecule has 3 aromatic rings. The highest BCUT2D eigenvalue weighted by atomic mass is 19.4. The number of nitrogens with zero attached hydrogens (tertiary/aromatic N) is 2. The predicted octanol–water partition coefficient (Wildman–Crippen LogP) is 1.90. The first kappa shape index (κ1) is 21.6. The van der Waals surface area contributed by atoms with E-state index in [0.717, 1.165) is 24.3 Å². The van der Waals surface area contributed by atoms with Crippen LogP contribution >= 0.6 is 0 Å². The fraction of sp³-hybridized carbons (Fsp3) is 0.250. The number of rotatable bonds is 4. The van der Waals surface area contributed by atoms with Gasteiger partial charge in [-0.2, -0.15) is 18.3 Å². The van der Waals surface area contributed by atoms with Crippen LogP contribution in [0.3, 0.4) is 0 Å². The van der Waals surface area contributed by atoms with Gasteiger partial charge in [-0.1, -0.05) is 0 Å². The molecule has 168 valence electrons. The smallest absolute Gasteiger partial charge is 0.382 e. The third-order valence-corrected chi connectivity index (χ3v) is 5.04. The Kier molecular flexibility index (Phi) is 5.48. The number of hydrogen-bond acceptors (Lipinski definition) is 6. The van der Waals surface area contributed by atoms with Crippen LogP contribution in [-0.4, -0.2) is 52.5 Å². The van der Waals surface area contributed by atoms with E-state index in [4.69, 9.17) is 10.5 Å². The van der Waals surface area contributed by atoms with Gasteiger partial charge < -0.3 is 25.8 Å². The molecule has 0 saturated carbocycles. The van der Waals surface area contributed by atoms with Gasteiger partial charge in [0.2, 0.25) is 0 Å². The number of nitrogens with two attached hydrogens (primary N) is 1. The summed E-state index contributed by atoms with van der Waals surface area (Å²) in [5.41, 5.74) is 5.93. The van der Waals surface area contributed by atoms with Crippen molar-refractivity contribution in [2.45, 2.75) is 18.4 Å². The van der Waals surface area contributed by atoms with E-state index in [1.165, 1.54) is 4.90 Å². The highest BCUT2D eigenvalue weighted by Crippen LogP contribution is 2.31. The topological polar surface area (TPSA) is 134 Å². The molecular weight excluding hydrogens is 431 g/mol. The minimum absolute atomic E-state index is 0.0127. The standard InChI is InChI=1S/C20H18F3N5O4/c21-20(22,23)10-1-4-12(5-2-10)28-7-8-32-16(19(28)31)15(29)18(30)25-11-3-6-13-14(9-11)26-27-17(13)24/h1-6,9,15-16,29H,7-8H2,(H,25,30)(H3,24,26,27)/t15-,16-/m1/s1. The lowest BCUT2D eigenvalue weighted by Gasteiger charge is -2.34. The normalized spacial score (nSPS) is 18.1. The Bertz CT molecular complexity index is 1160. The monoisotopic (exact) mass is 449 g/mol. The van der Waals surface area contributed by atoms with Crippen LogP contribution in [0.15, 0.2) is 42.5 Å². The molecule has 2 amide bonds. The first-order chi connectivity index (χ1) is 15.1. The van der Waals surface area contributed by atoms with Crippen LogP contribution in [-0.2, 0) is 20.5 Å². The molecule has 1 fully saturated rings. The summed E-state index contributed by atoms with van der Waals surface area (Å²) in [5.74, 6) is -1.33. The molecule has 0 unspecified atom stereocenters. The number of carbonyl (C=O) groups is 2. The number of benzene rings is 2. The van der Waals surface area contributed by atoms with Crippen molar-refractivity contribution < 1.29 is 32.6 Å². The molecule has 32 heavy (non-hydrogen) atoms.